The van der Waals surface area contributed by atoms with E-state index in [9.17, 15) is 9.59 Å². The van der Waals surface area contributed by atoms with Gasteiger partial charge in [0.15, 0.2) is 0 Å². The third-order valence-corrected chi connectivity index (χ3v) is 3.60. The Morgan fingerprint density at radius 1 is 1.40 bits per heavy atom. The fourth-order valence-corrected chi connectivity index (χ4v) is 2.55. The zero-order valence-electron chi connectivity index (χ0n) is 12.0. The van der Waals surface area contributed by atoms with Gasteiger partial charge in [-0.2, -0.15) is 0 Å². The molecule has 0 saturated carbocycles. The summed E-state index contributed by atoms with van der Waals surface area (Å²) in [5.41, 5.74) is 3.29. The molecule has 5 heteroatoms. The van der Waals surface area contributed by atoms with E-state index in [0.29, 0.717) is 13.0 Å². The molecule has 0 fully saturated rings. The topological polar surface area (TPSA) is 55.8 Å². The second-order valence-corrected chi connectivity index (χ2v) is 4.78. The molecule has 1 atom stereocenters. The Hall–Kier alpha value is -2.04. The van der Waals surface area contributed by atoms with Crippen LogP contribution in [0, 0.1) is 6.92 Å². The summed E-state index contributed by atoms with van der Waals surface area (Å²) in [5.74, 6) is -0.410. The van der Waals surface area contributed by atoms with Crippen molar-refractivity contribution in [3.63, 3.8) is 0 Å². The number of esters is 1. The van der Waals surface area contributed by atoms with Crippen LogP contribution in [-0.2, 0) is 27.2 Å². The number of carbonyl (C=O) groups excluding carboxylic acids is 2. The molecule has 0 aromatic heterocycles. The number of aryl methyl sites for hydroxylation is 1. The molecule has 0 aliphatic carbocycles. The third-order valence-electron chi connectivity index (χ3n) is 3.60. The molecule has 1 aliphatic heterocycles. The van der Waals surface area contributed by atoms with Gasteiger partial charge in [-0.05, 0) is 30.5 Å². The predicted octanol–water partition coefficient (Wildman–Crippen LogP) is 2.05. The lowest BCUT2D eigenvalue weighted by Gasteiger charge is -2.34. The molecule has 1 amide bonds. The predicted molar refractivity (Wildman–Crippen MR) is 73.3 cm³/mol. The largest absolute Gasteiger partial charge is 0.467 e. The zero-order chi connectivity index (χ0) is 14.7. The van der Waals surface area contributed by atoms with Gasteiger partial charge in [-0.1, -0.05) is 18.2 Å². The highest BCUT2D eigenvalue weighted by molar-refractivity contribution is 5.82. The maximum atomic E-state index is 12.0. The van der Waals surface area contributed by atoms with E-state index in [-0.39, 0.29) is 6.61 Å². The fraction of sp³-hybridized carbons (Fsp3) is 0.467. The summed E-state index contributed by atoms with van der Waals surface area (Å²) in [4.78, 5) is 25.4. The average Bonchev–Trinajstić information content (AvgIpc) is 2.46. The van der Waals surface area contributed by atoms with Gasteiger partial charge in [-0.15, -0.1) is 0 Å². The van der Waals surface area contributed by atoms with Crippen LogP contribution in [0.5, 0.6) is 0 Å². The van der Waals surface area contributed by atoms with Crippen molar-refractivity contribution in [2.45, 2.75) is 32.9 Å². The Kier molecular flexibility index (Phi) is 4.27. The first-order chi connectivity index (χ1) is 9.58. The van der Waals surface area contributed by atoms with Crippen LogP contribution in [0.3, 0.4) is 0 Å². The number of ether oxygens (including phenoxy) is 2. The number of rotatable bonds is 2. The lowest BCUT2D eigenvalue weighted by Crippen LogP contribution is -2.49. The molecule has 2 rings (SSSR count). The summed E-state index contributed by atoms with van der Waals surface area (Å²) >= 11 is 0. The summed E-state index contributed by atoms with van der Waals surface area (Å²) in [5, 5.41) is 0. The highest BCUT2D eigenvalue weighted by Crippen LogP contribution is 2.27. The van der Waals surface area contributed by atoms with E-state index in [1.165, 1.54) is 12.0 Å². The minimum atomic E-state index is -0.618. The van der Waals surface area contributed by atoms with E-state index in [1.807, 2.05) is 25.1 Å². The van der Waals surface area contributed by atoms with Gasteiger partial charge >= 0.3 is 12.1 Å². The molecule has 1 aliphatic rings. The molecule has 0 N–H and O–H groups in total. The average molecular weight is 277 g/mol. The van der Waals surface area contributed by atoms with Crippen molar-refractivity contribution >= 4 is 12.1 Å². The van der Waals surface area contributed by atoms with Gasteiger partial charge in [-0.25, -0.2) is 9.59 Å². The number of benzene rings is 1. The van der Waals surface area contributed by atoms with E-state index in [4.69, 9.17) is 9.47 Å². The number of methoxy groups -OCH3 is 1. The monoisotopic (exact) mass is 277 g/mol. The molecule has 1 aromatic rings. The first-order valence-corrected chi connectivity index (χ1v) is 6.67. The molecule has 20 heavy (non-hydrogen) atoms. The van der Waals surface area contributed by atoms with Crippen LogP contribution >= 0.6 is 0 Å². The molecule has 108 valence electrons. The van der Waals surface area contributed by atoms with E-state index in [0.717, 1.165) is 16.7 Å². The van der Waals surface area contributed by atoms with Gasteiger partial charge in [0.1, 0.15) is 6.04 Å². The van der Waals surface area contributed by atoms with Gasteiger partial charge in [0.05, 0.1) is 20.3 Å². The first-order valence-electron chi connectivity index (χ1n) is 6.67. The van der Waals surface area contributed by atoms with Crippen molar-refractivity contribution in [2.24, 2.45) is 0 Å². The second kappa shape index (κ2) is 5.94. The quantitative estimate of drug-likeness (QED) is 0.776. The highest BCUT2D eigenvalue weighted by Gasteiger charge is 2.36. The molecule has 1 heterocycles. The molecular weight excluding hydrogens is 258 g/mol. The zero-order valence-corrected chi connectivity index (χ0v) is 12.0. The second-order valence-electron chi connectivity index (χ2n) is 4.78. The summed E-state index contributed by atoms with van der Waals surface area (Å²) in [6.07, 6.45) is -0.0110. The van der Waals surface area contributed by atoms with Crippen molar-refractivity contribution < 1.29 is 19.1 Å². The minimum Gasteiger partial charge on any atom is -0.467 e. The first kappa shape index (κ1) is 14.4. The SMILES string of the molecule is CCOC(=O)N1Cc2cccc(C)c2C[C@H]1C(=O)OC. The van der Waals surface area contributed by atoms with Gasteiger partial charge in [0.2, 0.25) is 0 Å². The fourth-order valence-electron chi connectivity index (χ4n) is 2.55. The Morgan fingerprint density at radius 3 is 2.80 bits per heavy atom. The van der Waals surface area contributed by atoms with Gasteiger partial charge in [0, 0.05) is 6.42 Å². The van der Waals surface area contributed by atoms with Crippen molar-refractivity contribution in [1.29, 1.82) is 0 Å². The molecular formula is C15H19NO4. The summed E-state index contributed by atoms with van der Waals surface area (Å²) in [7, 11) is 1.33. The lowest BCUT2D eigenvalue weighted by molar-refractivity contribution is -0.147. The summed E-state index contributed by atoms with van der Waals surface area (Å²) in [6.45, 7) is 4.40. The summed E-state index contributed by atoms with van der Waals surface area (Å²) < 4.78 is 9.85. The van der Waals surface area contributed by atoms with E-state index in [2.05, 4.69) is 0 Å². The minimum absolute atomic E-state index is 0.282. The van der Waals surface area contributed by atoms with Crippen LogP contribution in [0.15, 0.2) is 18.2 Å². The smallest absolute Gasteiger partial charge is 0.410 e. The lowest BCUT2D eigenvalue weighted by atomic mass is 9.91. The number of nitrogens with zero attached hydrogens (tertiary/aromatic N) is 1. The van der Waals surface area contributed by atoms with Crippen LogP contribution in [0.1, 0.15) is 23.6 Å². The Morgan fingerprint density at radius 2 is 2.15 bits per heavy atom. The molecule has 1 aromatic carbocycles. The van der Waals surface area contributed by atoms with Crippen molar-refractivity contribution in [3.05, 3.63) is 34.9 Å². The van der Waals surface area contributed by atoms with Crippen LogP contribution in [0.25, 0.3) is 0 Å². The Labute approximate surface area is 118 Å². The van der Waals surface area contributed by atoms with Crippen molar-refractivity contribution in [1.82, 2.24) is 4.90 Å². The third kappa shape index (κ3) is 2.61. The van der Waals surface area contributed by atoms with Crippen LogP contribution in [0.4, 0.5) is 4.79 Å². The van der Waals surface area contributed by atoms with Crippen LogP contribution in [-0.4, -0.2) is 36.7 Å². The van der Waals surface area contributed by atoms with Gasteiger partial charge in [-0.3, -0.25) is 4.90 Å². The normalized spacial score (nSPS) is 17.4. The Bertz CT molecular complexity index is 527. The van der Waals surface area contributed by atoms with E-state index in [1.54, 1.807) is 6.92 Å². The molecule has 0 radical (unpaired) electrons. The van der Waals surface area contributed by atoms with E-state index < -0.39 is 18.1 Å². The maximum absolute atomic E-state index is 12.0. The van der Waals surface area contributed by atoms with Crippen LogP contribution in [0.2, 0.25) is 0 Å². The number of hydrogen-bond donors (Lipinski definition) is 0. The standard InChI is InChI=1S/C15H19NO4/c1-4-20-15(18)16-9-11-7-5-6-10(2)12(11)8-13(16)14(17)19-3/h5-7,13H,4,8-9H2,1-3H3/t13-/m0/s1. The molecule has 0 saturated heterocycles. The molecule has 5 nitrogen and oxygen atoms in total. The van der Waals surface area contributed by atoms with E-state index >= 15 is 0 Å². The molecule has 0 spiro atoms. The van der Waals surface area contributed by atoms with Crippen molar-refractivity contribution in [3.8, 4) is 0 Å². The number of carbonyl (C=O) groups is 2. The molecule has 0 bridgehead atoms. The van der Waals surface area contributed by atoms with Crippen LogP contribution < -0.4 is 0 Å². The highest BCUT2D eigenvalue weighted by atomic mass is 16.6. The number of amides is 1. The maximum Gasteiger partial charge on any atom is 0.410 e. The summed E-state index contributed by atoms with van der Waals surface area (Å²) in [6, 6.07) is 5.32. The molecule has 0 unspecified atom stereocenters. The Balaban J connectivity index is 2.35. The van der Waals surface area contributed by atoms with Gasteiger partial charge < -0.3 is 9.47 Å². The van der Waals surface area contributed by atoms with Crippen molar-refractivity contribution in [2.75, 3.05) is 13.7 Å². The number of hydrogen-bond acceptors (Lipinski definition) is 4. The van der Waals surface area contributed by atoms with Gasteiger partial charge in [0.25, 0.3) is 0 Å². The number of fused-ring (bicyclic) bond motifs is 1.